The van der Waals surface area contributed by atoms with Crippen LogP contribution in [-0.2, 0) is 19.1 Å². The Balaban J connectivity index is 2.19. The number of esters is 1. The molecule has 0 bridgehead atoms. The van der Waals surface area contributed by atoms with E-state index in [4.69, 9.17) is 9.47 Å². The molecule has 1 fully saturated rings. The van der Waals surface area contributed by atoms with Gasteiger partial charge in [-0.15, -0.1) is 0 Å². The molecule has 2 rings (SSSR count). The molecule has 176 valence electrons. The summed E-state index contributed by atoms with van der Waals surface area (Å²) < 4.78 is 10.1. The lowest BCUT2D eigenvalue weighted by Gasteiger charge is -2.27. The number of nitrogens with one attached hydrogen (secondary N) is 2. The van der Waals surface area contributed by atoms with Gasteiger partial charge in [-0.1, -0.05) is 26.0 Å². The third kappa shape index (κ3) is 6.45. The van der Waals surface area contributed by atoms with Gasteiger partial charge in [0.05, 0.1) is 18.4 Å². The van der Waals surface area contributed by atoms with E-state index in [1.165, 1.54) is 12.0 Å². The van der Waals surface area contributed by atoms with Gasteiger partial charge in [0.25, 0.3) is 5.91 Å². The highest BCUT2D eigenvalue weighted by atomic mass is 16.6. The van der Waals surface area contributed by atoms with Gasteiger partial charge in [-0.3, -0.25) is 14.9 Å². The van der Waals surface area contributed by atoms with E-state index >= 15 is 0 Å². The minimum absolute atomic E-state index is 0.171. The van der Waals surface area contributed by atoms with Crippen LogP contribution in [-0.4, -0.2) is 60.1 Å². The molecule has 1 aromatic carbocycles. The number of ether oxygens (including phenoxy) is 2. The van der Waals surface area contributed by atoms with Crippen molar-refractivity contribution in [1.29, 1.82) is 0 Å². The number of para-hydroxylation sites is 1. The second-order valence-corrected chi connectivity index (χ2v) is 9.08. The van der Waals surface area contributed by atoms with E-state index in [0.29, 0.717) is 25.1 Å². The van der Waals surface area contributed by atoms with Gasteiger partial charge in [0.1, 0.15) is 17.7 Å². The number of benzene rings is 1. The van der Waals surface area contributed by atoms with Crippen molar-refractivity contribution in [2.75, 3.05) is 19.0 Å². The zero-order valence-corrected chi connectivity index (χ0v) is 19.6. The lowest BCUT2D eigenvalue weighted by atomic mass is 10.0. The second kappa shape index (κ2) is 10.5. The SMILES string of the molecule is COC(=O)[C@@H](NC(=O)[C@@H]1CCCN1C(=O)c1ccccc1NC(=O)OC(C)(C)C)C(C)C. The first-order chi connectivity index (χ1) is 14.9. The molecule has 0 saturated carbocycles. The van der Waals surface area contributed by atoms with Crippen LogP contribution in [0.1, 0.15) is 57.8 Å². The smallest absolute Gasteiger partial charge is 0.412 e. The summed E-state index contributed by atoms with van der Waals surface area (Å²) in [6.45, 7) is 9.24. The molecule has 32 heavy (non-hydrogen) atoms. The average molecular weight is 448 g/mol. The summed E-state index contributed by atoms with van der Waals surface area (Å²) in [5, 5.41) is 5.34. The minimum atomic E-state index is -0.800. The molecule has 2 N–H and O–H groups in total. The van der Waals surface area contributed by atoms with Crippen LogP contribution in [0.3, 0.4) is 0 Å². The van der Waals surface area contributed by atoms with E-state index in [0.717, 1.165) is 0 Å². The Kier molecular flexibility index (Phi) is 8.24. The van der Waals surface area contributed by atoms with Gasteiger partial charge >= 0.3 is 12.1 Å². The molecule has 1 saturated heterocycles. The van der Waals surface area contributed by atoms with Crippen LogP contribution in [0.15, 0.2) is 24.3 Å². The standard InChI is InChI=1S/C23H33N3O6/c1-14(2)18(21(29)31-6)25-19(27)17-12-9-13-26(17)20(28)15-10-7-8-11-16(15)24-22(30)32-23(3,4)5/h7-8,10-11,14,17-18H,9,12-13H2,1-6H3,(H,24,30)(H,25,27)/t17-,18-/m0/s1. The van der Waals surface area contributed by atoms with Crippen LogP contribution in [0.25, 0.3) is 0 Å². The fourth-order valence-corrected chi connectivity index (χ4v) is 3.50. The van der Waals surface area contributed by atoms with Gasteiger partial charge in [-0.25, -0.2) is 9.59 Å². The van der Waals surface area contributed by atoms with Crippen molar-refractivity contribution in [3.05, 3.63) is 29.8 Å². The third-order valence-electron chi connectivity index (χ3n) is 5.03. The Labute approximate surface area is 188 Å². The van der Waals surface area contributed by atoms with Gasteiger partial charge in [-0.2, -0.15) is 0 Å². The number of carbonyl (C=O) groups is 4. The molecule has 0 unspecified atom stereocenters. The number of carbonyl (C=O) groups excluding carboxylic acids is 4. The van der Waals surface area contributed by atoms with Gasteiger partial charge in [0, 0.05) is 6.54 Å². The predicted octanol–water partition coefficient (Wildman–Crippen LogP) is 2.95. The highest BCUT2D eigenvalue weighted by molar-refractivity contribution is 6.04. The van der Waals surface area contributed by atoms with E-state index in [9.17, 15) is 19.2 Å². The number of rotatable bonds is 6. The van der Waals surface area contributed by atoms with Gasteiger partial charge in [-0.05, 0) is 51.7 Å². The Morgan fingerprint density at radius 1 is 1.12 bits per heavy atom. The Hall–Kier alpha value is -3.10. The summed E-state index contributed by atoms with van der Waals surface area (Å²) in [4.78, 5) is 52.0. The largest absolute Gasteiger partial charge is 0.467 e. The fraction of sp³-hybridized carbons (Fsp3) is 0.565. The molecular weight excluding hydrogens is 414 g/mol. The molecule has 1 aliphatic rings. The zero-order valence-electron chi connectivity index (χ0n) is 19.6. The summed E-state index contributed by atoms with van der Waals surface area (Å²) >= 11 is 0. The Morgan fingerprint density at radius 3 is 2.38 bits per heavy atom. The van der Waals surface area contributed by atoms with E-state index in [2.05, 4.69) is 10.6 Å². The number of likely N-dealkylation sites (tertiary alicyclic amines) is 1. The summed E-state index contributed by atoms with van der Waals surface area (Å²) in [5.41, 5.74) is -0.132. The molecule has 1 aromatic rings. The Morgan fingerprint density at radius 2 is 1.78 bits per heavy atom. The second-order valence-electron chi connectivity index (χ2n) is 9.08. The maximum Gasteiger partial charge on any atom is 0.412 e. The van der Waals surface area contributed by atoms with Crippen LogP contribution in [0, 0.1) is 5.92 Å². The van der Waals surface area contributed by atoms with E-state index in [1.54, 1.807) is 58.9 Å². The lowest BCUT2D eigenvalue weighted by molar-refractivity contribution is -0.146. The normalized spacial score (nSPS) is 17.0. The number of nitrogens with zero attached hydrogens (tertiary/aromatic N) is 1. The van der Waals surface area contributed by atoms with Gasteiger partial charge in [0.2, 0.25) is 5.91 Å². The minimum Gasteiger partial charge on any atom is -0.467 e. The van der Waals surface area contributed by atoms with Crippen LogP contribution in [0.5, 0.6) is 0 Å². The molecule has 1 aliphatic heterocycles. The first-order valence-electron chi connectivity index (χ1n) is 10.7. The number of methoxy groups -OCH3 is 1. The van der Waals surface area contributed by atoms with Gasteiger partial charge < -0.3 is 19.7 Å². The van der Waals surface area contributed by atoms with E-state index < -0.39 is 35.7 Å². The van der Waals surface area contributed by atoms with Crippen molar-refractivity contribution in [1.82, 2.24) is 10.2 Å². The number of amides is 3. The van der Waals surface area contributed by atoms with Crippen molar-refractivity contribution in [2.24, 2.45) is 5.92 Å². The van der Waals surface area contributed by atoms with Crippen LogP contribution in [0.4, 0.5) is 10.5 Å². The summed E-state index contributed by atoms with van der Waals surface area (Å²) in [5.74, 6) is -1.49. The average Bonchev–Trinajstić information content (AvgIpc) is 3.19. The highest BCUT2D eigenvalue weighted by Gasteiger charge is 2.37. The highest BCUT2D eigenvalue weighted by Crippen LogP contribution is 2.25. The molecular formula is C23H33N3O6. The van der Waals surface area contributed by atoms with E-state index in [1.807, 2.05) is 0 Å². The van der Waals surface area contributed by atoms with Crippen molar-refractivity contribution in [2.45, 2.75) is 65.1 Å². The molecule has 0 aliphatic carbocycles. The zero-order chi connectivity index (χ0) is 24.1. The first kappa shape index (κ1) is 25.2. The third-order valence-corrected chi connectivity index (χ3v) is 5.03. The topological polar surface area (TPSA) is 114 Å². The lowest BCUT2D eigenvalue weighted by Crippen LogP contribution is -2.52. The van der Waals surface area contributed by atoms with Crippen LogP contribution < -0.4 is 10.6 Å². The number of hydrogen-bond donors (Lipinski definition) is 2. The predicted molar refractivity (Wildman–Crippen MR) is 119 cm³/mol. The molecule has 9 heteroatoms. The molecule has 3 amide bonds. The summed E-state index contributed by atoms with van der Waals surface area (Å²) in [6.07, 6.45) is 0.452. The maximum atomic E-state index is 13.3. The fourth-order valence-electron chi connectivity index (χ4n) is 3.50. The number of hydrogen-bond acceptors (Lipinski definition) is 6. The Bertz CT molecular complexity index is 862. The molecule has 1 heterocycles. The molecule has 0 aromatic heterocycles. The van der Waals surface area contributed by atoms with E-state index in [-0.39, 0.29) is 17.4 Å². The van der Waals surface area contributed by atoms with Crippen LogP contribution >= 0.6 is 0 Å². The monoisotopic (exact) mass is 447 g/mol. The number of anilines is 1. The van der Waals surface area contributed by atoms with Crippen molar-refractivity contribution in [3.8, 4) is 0 Å². The quantitative estimate of drug-likeness (QED) is 0.648. The summed E-state index contributed by atoms with van der Waals surface area (Å²) in [6, 6.07) is 5.06. The van der Waals surface area contributed by atoms with Crippen molar-refractivity contribution < 1.29 is 28.7 Å². The van der Waals surface area contributed by atoms with Crippen molar-refractivity contribution in [3.63, 3.8) is 0 Å². The first-order valence-corrected chi connectivity index (χ1v) is 10.7. The molecule has 0 spiro atoms. The summed E-state index contributed by atoms with van der Waals surface area (Å²) in [7, 11) is 1.27. The van der Waals surface area contributed by atoms with Crippen LogP contribution in [0.2, 0.25) is 0 Å². The molecule has 9 nitrogen and oxygen atoms in total. The van der Waals surface area contributed by atoms with Gasteiger partial charge in [0.15, 0.2) is 0 Å². The van der Waals surface area contributed by atoms with Crippen molar-refractivity contribution >= 4 is 29.6 Å². The maximum absolute atomic E-state index is 13.3. The molecule has 2 atom stereocenters. The molecule has 0 radical (unpaired) electrons.